The van der Waals surface area contributed by atoms with Crippen molar-refractivity contribution in [3.8, 4) is 0 Å². The molecule has 9 atom stereocenters. The monoisotopic (exact) mass is 346 g/mol. The number of fused-ring (bicyclic) bond motifs is 6. The summed E-state index contributed by atoms with van der Waals surface area (Å²) in [4.78, 5) is 0. The Morgan fingerprint density at radius 2 is 1.60 bits per heavy atom. The van der Waals surface area contributed by atoms with Gasteiger partial charge in [-0.25, -0.2) is 0 Å². The molecule has 25 heavy (non-hydrogen) atoms. The first-order valence-electron chi connectivity index (χ1n) is 11.4. The lowest BCUT2D eigenvalue weighted by Gasteiger charge is -2.57. The van der Waals surface area contributed by atoms with Gasteiger partial charge in [0.15, 0.2) is 0 Å². The predicted octanol–water partition coefficient (Wildman–Crippen LogP) is 6.44. The molecule has 0 radical (unpaired) electrons. The zero-order valence-electron chi connectivity index (χ0n) is 17.5. The quantitative estimate of drug-likeness (QED) is 0.579. The average molecular weight is 347 g/mol. The highest BCUT2D eigenvalue weighted by Gasteiger charge is 2.61. The summed E-state index contributed by atoms with van der Waals surface area (Å²) in [6.07, 6.45) is 14.1. The molecule has 4 fully saturated rings. The van der Waals surface area contributed by atoms with Gasteiger partial charge >= 0.3 is 0 Å². The van der Waals surface area contributed by atoms with Gasteiger partial charge in [-0.2, -0.15) is 0 Å². The zero-order chi connectivity index (χ0) is 18.0. The Labute approximate surface area is 156 Å². The van der Waals surface area contributed by atoms with Crippen molar-refractivity contribution in [2.75, 3.05) is 0 Å². The molecule has 0 heterocycles. The Morgan fingerprint density at radius 3 is 2.32 bits per heavy atom. The lowest BCUT2D eigenvalue weighted by Crippen LogP contribution is -2.50. The third-order valence-electron chi connectivity index (χ3n) is 10.1. The maximum Gasteiger partial charge on any atom is 0.0545 e. The molecule has 0 aromatic heterocycles. The minimum atomic E-state index is -0.123. The molecule has 4 aliphatic rings. The highest BCUT2D eigenvalue weighted by molar-refractivity contribution is 5.11. The molecule has 1 heteroatoms. The van der Waals surface area contributed by atoms with Gasteiger partial charge in [0.1, 0.15) is 0 Å². The van der Waals surface area contributed by atoms with Crippen molar-refractivity contribution in [3.63, 3.8) is 0 Å². The van der Waals surface area contributed by atoms with Crippen LogP contribution in [0.2, 0.25) is 0 Å². The molecule has 0 amide bonds. The van der Waals surface area contributed by atoms with E-state index in [2.05, 4.69) is 34.6 Å². The first-order valence-corrected chi connectivity index (χ1v) is 11.4. The summed E-state index contributed by atoms with van der Waals surface area (Å²) in [6.45, 7) is 12.4. The Hall–Kier alpha value is -0.0400. The molecule has 4 rings (SSSR count). The van der Waals surface area contributed by atoms with Crippen molar-refractivity contribution in [1.82, 2.24) is 0 Å². The maximum absolute atomic E-state index is 10.4. The van der Waals surface area contributed by atoms with Gasteiger partial charge in [-0.3, -0.25) is 0 Å². The van der Waals surface area contributed by atoms with E-state index in [0.717, 1.165) is 23.7 Å². The van der Waals surface area contributed by atoms with E-state index in [9.17, 15) is 5.11 Å². The van der Waals surface area contributed by atoms with E-state index in [1.807, 2.05) is 0 Å². The van der Waals surface area contributed by atoms with Crippen molar-refractivity contribution < 1.29 is 5.11 Å². The second-order valence-electron chi connectivity index (χ2n) is 11.8. The number of aliphatic hydroxyl groups excluding tert-OH is 1. The van der Waals surface area contributed by atoms with E-state index < -0.39 is 0 Å². The standard InChI is InChI=1S/C24H42O/c1-16-6-7-18-15-22(3,14-16)12-13-24(5)20(18)10-11-23(4)19(17(2)25)8-9-21(23)24/h16-21,25H,6-15H2,1-5H3/t16-,17+,18-,19-,20-,21-,22-,23?,24-/m1/s1. The van der Waals surface area contributed by atoms with Gasteiger partial charge in [-0.15, -0.1) is 0 Å². The Morgan fingerprint density at radius 1 is 0.840 bits per heavy atom. The van der Waals surface area contributed by atoms with E-state index >= 15 is 0 Å². The van der Waals surface area contributed by atoms with Crippen LogP contribution in [0.4, 0.5) is 0 Å². The summed E-state index contributed by atoms with van der Waals surface area (Å²) >= 11 is 0. The second-order valence-corrected chi connectivity index (χ2v) is 11.8. The lowest BCUT2D eigenvalue weighted by molar-refractivity contribution is -0.0937. The van der Waals surface area contributed by atoms with Gasteiger partial charge in [0.25, 0.3) is 0 Å². The van der Waals surface area contributed by atoms with Gasteiger partial charge in [0.05, 0.1) is 6.10 Å². The molecule has 0 spiro atoms. The van der Waals surface area contributed by atoms with Gasteiger partial charge in [-0.05, 0) is 111 Å². The Kier molecular flexibility index (Phi) is 4.38. The van der Waals surface area contributed by atoms with Crippen LogP contribution in [0.15, 0.2) is 0 Å². The fourth-order valence-electron chi connectivity index (χ4n) is 9.07. The van der Waals surface area contributed by atoms with Crippen LogP contribution in [-0.2, 0) is 0 Å². The summed E-state index contributed by atoms with van der Waals surface area (Å²) in [5, 5.41) is 10.4. The number of aliphatic hydroxyl groups is 1. The Balaban J connectivity index is 1.68. The Bertz CT molecular complexity index is 512. The van der Waals surface area contributed by atoms with Crippen molar-refractivity contribution in [1.29, 1.82) is 0 Å². The highest BCUT2D eigenvalue weighted by atomic mass is 16.3. The first-order chi connectivity index (χ1) is 11.7. The van der Waals surface area contributed by atoms with Gasteiger partial charge in [0, 0.05) is 0 Å². The van der Waals surface area contributed by atoms with Gasteiger partial charge in [-0.1, -0.05) is 34.1 Å². The van der Waals surface area contributed by atoms with E-state index in [0.29, 0.717) is 22.2 Å². The average Bonchev–Trinajstić information content (AvgIpc) is 2.75. The van der Waals surface area contributed by atoms with Crippen molar-refractivity contribution in [2.45, 2.75) is 105 Å². The van der Waals surface area contributed by atoms with Crippen molar-refractivity contribution in [3.05, 3.63) is 0 Å². The van der Waals surface area contributed by atoms with Gasteiger partial charge in [0.2, 0.25) is 0 Å². The fraction of sp³-hybridized carbons (Fsp3) is 1.00. The summed E-state index contributed by atoms with van der Waals surface area (Å²) in [6, 6.07) is 0. The summed E-state index contributed by atoms with van der Waals surface area (Å²) in [5.41, 5.74) is 1.52. The topological polar surface area (TPSA) is 20.2 Å². The van der Waals surface area contributed by atoms with Crippen LogP contribution >= 0.6 is 0 Å². The van der Waals surface area contributed by atoms with Crippen LogP contribution in [0, 0.1) is 45.8 Å². The fourth-order valence-corrected chi connectivity index (χ4v) is 9.07. The highest BCUT2D eigenvalue weighted by Crippen LogP contribution is 2.69. The van der Waals surface area contributed by atoms with Crippen LogP contribution in [0.1, 0.15) is 98.8 Å². The molecule has 1 nitrogen and oxygen atoms in total. The molecule has 0 aromatic carbocycles. The largest absolute Gasteiger partial charge is 0.393 e. The van der Waals surface area contributed by atoms with Crippen molar-refractivity contribution in [2.24, 2.45) is 45.8 Å². The summed E-state index contributed by atoms with van der Waals surface area (Å²) in [7, 11) is 0. The van der Waals surface area contributed by atoms with Crippen LogP contribution in [0.3, 0.4) is 0 Å². The molecule has 1 N–H and O–H groups in total. The van der Waals surface area contributed by atoms with E-state index in [-0.39, 0.29) is 6.10 Å². The van der Waals surface area contributed by atoms with Crippen LogP contribution < -0.4 is 0 Å². The van der Waals surface area contributed by atoms with Crippen LogP contribution in [0.5, 0.6) is 0 Å². The van der Waals surface area contributed by atoms with E-state index in [1.165, 1.54) is 64.2 Å². The molecule has 144 valence electrons. The zero-order valence-corrected chi connectivity index (χ0v) is 17.5. The molecule has 0 aliphatic heterocycles. The van der Waals surface area contributed by atoms with E-state index in [4.69, 9.17) is 0 Å². The minimum absolute atomic E-state index is 0.123. The normalized spacial score (nSPS) is 57.1. The van der Waals surface area contributed by atoms with Crippen molar-refractivity contribution >= 4 is 0 Å². The summed E-state index contributed by atoms with van der Waals surface area (Å²) in [5.74, 6) is 4.23. The SMILES string of the molecule is C[C@@H]1CC[C@@H]2C[C@](C)(CC[C@]3(C)[C@@H]2CCC2(C)[C@@H]([C@H](C)O)CC[C@H]23)C1. The smallest absolute Gasteiger partial charge is 0.0545 e. The van der Waals surface area contributed by atoms with Crippen LogP contribution in [0.25, 0.3) is 0 Å². The van der Waals surface area contributed by atoms with Crippen LogP contribution in [-0.4, -0.2) is 11.2 Å². The summed E-state index contributed by atoms with van der Waals surface area (Å²) < 4.78 is 0. The second kappa shape index (κ2) is 5.98. The molecular formula is C24H42O. The number of hydrogen-bond acceptors (Lipinski definition) is 1. The number of hydrogen-bond donors (Lipinski definition) is 1. The van der Waals surface area contributed by atoms with E-state index in [1.54, 1.807) is 0 Å². The minimum Gasteiger partial charge on any atom is -0.393 e. The molecule has 4 saturated carbocycles. The number of rotatable bonds is 1. The molecule has 4 aliphatic carbocycles. The third-order valence-corrected chi connectivity index (χ3v) is 10.1. The molecule has 0 saturated heterocycles. The molecule has 2 bridgehead atoms. The molecule has 0 aromatic rings. The van der Waals surface area contributed by atoms with Gasteiger partial charge < -0.3 is 5.11 Å². The first kappa shape index (κ1) is 18.3. The predicted molar refractivity (Wildman–Crippen MR) is 105 cm³/mol. The molecule has 1 unspecified atom stereocenters. The maximum atomic E-state index is 10.4. The lowest BCUT2D eigenvalue weighted by atomic mass is 9.48. The third kappa shape index (κ3) is 2.74. The molecular weight excluding hydrogens is 304 g/mol.